The molecule has 3 atom stereocenters. The molecule has 0 spiro atoms. The van der Waals surface area contributed by atoms with Crippen molar-refractivity contribution in [1.82, 2.24) is 14.7 Å². The summed E-state index contributed by atoms with van der Waals surface area (Å²) in [4.78, 5) is 6.09. The van der Waals surface area contributed by atoms with Crippen LogP contribution in [-0.4, -0.2) is 142 Å². The Balaban J connectivity index is 2.67. The summed E-state index contributed by atoms with van der Waals surface area (Å²) in [6.45, 7) is 4.20. The molecule has 0 aromatic carbocycles. The van der Waals surface area contributed by atoms with Crippen LogP contribution in [0.4, 0.5) is 0 Å². The van der Waals surface area contributed by atoms with E-state index >= 15 is 0 Å². The van der Waals surface area contributed by atoms with Crippen molar-refractivity contribution in [2.75, 3.05) is 78.7 Å². The maximum absolute atomic E-state index is 9.68. The lowest BCUT2D eigenvalue weighted by Gasteiger charge is -2.27. The molecule has 3 unspecified atom stereocenters. The van der Waals surface area contributed by atoms with Crippen LogP contribution in [0, 0.1) is 0 Å². The monoisotopic (exact) mass is 351 g/mol. The van der Waals surface area contributed by atoms with Crippen LogP contribution >= 0.6 is 0 Å². The summed E-state index contributed by atoms with van der Waals surface area (Å²) in [7, 11) is 0. The quantitative estimate of drug-likeness (QED) is 0.246. The Morgan fingerprint density at radius 1 is 0.500 bits per heavy atom. The average molecular weight is 351 g/mol. The number of rotatable bonds is 9. The molecule has 0 bridgehead atoms. The third kappa shape index (κ3) is 8.65. The van der Waals surface area contributed by atoms with E-state index in [9.17, 15) is 15.3 Å². The lowest BCUT2D eigenvalue weighted by Crippen LogP contribution is -2.43. The van der Waals surface area contributed by atoms with E-state index in [1.165, 1.54) is 0 Å². The smallest absolute Gasteiger partial charge is 0.0897 e. The van der Waals surface area contributed by atoms with Crippen molar-refractivity contribution in [3.8, 4) is 0 Å². The molecule has 9 heteroatoms. The third-order valence-electron chi connectivity index (χ3n) is 4.24. The fraction of sp³-hybridized carbons (Fsp3) is 1.00. The molecule has 1 rings (SSSR count). The van der Waals surface area contributed by atoms with Crippen LogP contribution in [-0.2, 0) is 0 Å². The SMILES string of the molecule is OCC(O)CN1CCN(CC(O)CO)CCN(CC(O)CO)CC1. The molecule has 1 aliphatic rings. The van der Waals surface area contributed by atoms with Crippen LogP contribution in [0.25, 0.3) is 0 Å². The predicted molar refractivity (Wildman–Crippen MR) is 88.6 cm³/mol. The average Bonchev–Trinajstić information content (AvgIpc) is 2.67. The molecule has 0 amide bonds. The molecule has 9 nitrogen and oxygen atoms in total. The molecule has 0 radical (unpaired) electrons. The van der Waals surface area contributed by atoms with Crippen molar-refractivity contribution in [3.63, 3.8) is 0 Å². The summed E-state index contributed by atoms with van der Waals surface area (Å²) < 4.78 is 0. The second kappa shape index (κ2) is 12.1. The summed E-state index contributed by atoms with van der Waals surface area (Å²) in [5, 5.41) is 56.1. The number of nitrogens with zero attached hydrogens (tertiary/aromatic N) is 3. The largest absolute Gasteiger partial charge is 0.394 e. The molecule has 1 heterocycles. The molecule has 144 valence electrons. The molecule has 1 saturated heterocycles. The highest BCUT2D eigenvalue weighted by atomic mass is 16.3. The predicted octanol–water partition coefficient (Wildman–Crippen LogP) is -4.03. The van der Waals surface area contributed by atoms with Gasteiger partial charge < -0.3 is 30.6 Å². The lowest BCUT2D eigenvalue weighted by molar-refractivity contribution is 0.0456. The summed E-state index contributed by atoms with van der Waals surface area (Å²) >= 11 is 0. The first-order valence-corrected chi connectivity index (χ1v) is 8.52. The molecule has 1 aliphatic heterocycles. The van der Waals surface area contributed by atoms with E-state index < -0.39 is 18.3 Å². The number of aliphatic hydroxyl groups excluding tert-OH is 6. The van der Waals surface area contributed by atoms with Gasteiger partial charge in [0.2, 0.25) is 0 Å². The Morgan fingerprint density at radius 3 is 0.875 bits per heavy atom. The Labute approximate surface area is 143 Å². The van der Waals surface area contributed by atoms with Gasteiger partial charge in [0.1, 0.15) is 0 Å². The van der Waals surface area contributed by atoms with Crippen molar-refractivity contribution in [1.29, 1.82) is 0 Å². The Kier molecular flexibility index (Phi) is 10.9. The van der Waals surface area contributed by atoms with Gasteiger partial charge in [-0.25, -0.2) is 0 Å². The maximum Gasteiger partial charge on any atom is 0.0897 e. The first-order chi connectivity index (χ1) is 11.5. The van der Waals surface area contributed by atoms with Gasteiger partial charge in [0, 0.05) is 58.9 Å². The molecular formula is C15H33N3O6. The highest BCUT2D eigenvalue weighted by molar-refractivity contribution is 4.76. The van der Waals surface area contributed by atoms with Crippen molar-refractivity contribution in [3.05, 3.63) is 0 Å². The van der Waals surface area contributed by atoms with E-state index in [-0.39, 0.29) is 19.8 Å². The third-order valence-corrected chi connectivity index (χ3v) is 4.24. The van der Waals surface area contributed by atoms with Crippen LogP contribution in [0.5, 0.6) is 0 Å². The van der Waals surface area contributed by atoms with Gasteiger partial charge in [-0.3, -0.25) is 14.7 Å². The molecule has 24 heavy (non-hydrogen) atoms. The van der Waals surface area contributed by atoms with Crippen molar-refractivity contribution >= 4 is 0 Å². The van der Waals surface area contributed by atoms with Crippen LogP contribution < -0.4 is 0 Å². The van der Waals surface area contributed by atoms with Crippen LogP contribution in [0.2, 0.25) is 0 Å². The molecule has 0 aliphatic carbocycles. The molecule has 0 saturated carbocycles. The van der Waals surface area contributed by atoms with Crippen molar-refractivity contribution in [2.24, 2.45) is 0 Å². The highest BCUT2D eigenvalue weighted by Crippen LogP contribution is 2.04. The van der Waals surface area contributed by atoms with E-state index in [1.807, 2.05) is 14.7 Å². The van der Waals surface area contributed by atoms with E-state index in [0.717, 1.165) is 0 Å². The zero-order valence-electron chi connectivity index (χ0n) is 14.2. The van der Waals surface area contributed by atoms with E-state index in [4.69, 9.17) is 15.3 Å². The zero-order valence-corrected chi connectivity index (χ0v) is 14.2. The van der Waals surface area contributed by atoms with Gasteiger partial charge in [-0.1, -0.05) is 0 Å². The Morgan fingerprint density at radius 2 is 0.708 bits per heavy atom. The van der Waals surface area contributed by atoms with Crippen LogP contribution in [0.3, 0.4) is 0 Å². The minimum absolute atomic E-state index is 0.295. The fourth-order valence-corrected chi connectivity index (χ4v) is 2.80. The van der Waals surface area contributed by atoms with Gasteiger partial charge in [-0.15, -0.1) is 0 Å². The standard InChI is InChI=1S/C15H33N3O6/c19-10-13(22)7-16-1-2-17(8-14(23)11-20)5-6-18(4-3-16)9-15(24)12-21/h13-15,19-24H,1-12H2. The summed E-state index contributed by atoms with van der Waals surface area (Å²) in [5.74, 6) is 0. The van der Waals surface area contributed by atoms with Gasteiger partial charge in [0.05, 0.1) is 38.1 Å². The minimum Gasteiger partial charge on any atom is -0.394 e. The maximum atomic E-state index is 9.68. The summed E-state index contributed by atoms with van der Waals surface area (Å²) in [5.41, 5.74) is 0. The van der Waals surface area contributed by atoms with Gasteiger partial charge in [0.25, 0.3) is 0 Å². The fourth-order valence-electron chi connectivity index (χ4n) is 2.80. The summed E-state index contributed by atoms with van der Waals surface area (Å²) in [6.07, 6.45) is -2.42. The highest BCUT2D eigenvalue weighted by Gasteiger charge is 2.20. The summed E-state index contributed by atoms with van der Waals surface area (Å²) in [6, 6.07) is 0. The second-order valence-electron chi connectivity index (χ2n) is 6.41. The van der Waals surface area contributed by atoms with Crippen LogP contribution in [0.15, 0.2) is 0 Å². The topological polar surface area (TPSA) is 131 Å². The number of aliphatic hydroxyl groups is 6. The van der Waals surface area contributed by atoms with Crippen molar-refractivity contribution < 1.29 is 30.6 Å². The van der Waals surface area contributed by atoms with Gasteiger partial charge in [-0.2, -0.15) is 0 Å². The Hall–Kier alpha value is -0.360. The number of hydrogen-bond acceptors (Lipinski definition) is 9. The van der Waals surface area contributed by atoms with E-state index in [0.29, 0.717) is 58.9 Å². The molecular weight excluding hydrogens is 318 g/mol. The normalized spacial score (nSPS) is 23.2. The van der Waals surface area contributed by atoms with E-state index in [1.54, 1.807) is 0 Å². The van der Waals surface area contributed by atoms with Gasteiger partial charge in [0.15, 0.2) is 0 Å². The number of β-amino-alcohol motifs (C(OH)–C–C–N with tert-alkyl or cyclic N) is 3. The first-order valence-electron chi connectivity index (χ1n) is 8.52. The van der Waals surface area contributed by atoms with Crippen molar-refractivity contribution in [2.45, 2.75) is 18.3 Å². The Bertz CT molecular complexity index is 266. The van der Waals surface area contributed by atoms with Gasteiger partial charge >= 0.3 is 0 Å². The van der Waals surface area contributed by atoms with E-state index in [2.05, 4.69) is 0 Å². The second-order valence-corrected chi connectivity index (χ2v) is 6.41. The van der Waals surface area contributed by atoms with Crippen LogP contribution in [0.1, 0.15) is 0 Å². The number of hydrogen-bond donors (Lipinski definition) is 6. The molecule has 0 aromatic heterocycles. The molecule has 0 aromatic rings. The first kappa shape index (κ1) is 21.7. The minimum atomic E-state index is -0.807. The molecule has 6 N–H and O–H groups in total. The molecule has 1 fully saturated rings. The zero-order chi connectivity index (χ0) is 17.9. The van der Waals surface area contributed by atoms with Gasteiger partial charge in [-0.05, 0) is 0 Å². The lowest BCUT2D eigenvalue weighted by atomic mass is 10.3.